The van der Waals surface area contributed by atoms with Crippen molar-refractivity contribution < 1.29 is 9.18 Å². The highest BCUT2D eigenvalue weighted by atomic mass is 19.1. The van der Waals surface area contributed by atoms with Crippen molar-refractivity contribution in [2.24, 2.45) is 0 Å². The minimum absolute atomic E-state index is 0.0349. The zero-order valence-corrected chi connectivity index (χ0v) is 12.9. The molecule has 0 bridgehead atoms. The molecule has 6 nitrogen and oxygen atoms in total. The van der Waals surface area contributed by atoms with Crippen molar-refractivity contribution in [2.45, 2.75) is 32.2 Å². The van der Waals surface area contributed by atoms with Gasteiger partial charge in [-0.1, -0.05) is 0 Å². The molecule has 2 aromatic heterocycles. The van der Waals surface area contributed by atoms with Crippen LogP contribution in [0.3, 0.4) is 0 Å². The van der Waals surface area contributed by atoms with Crippen molar-refractivity contribution >= 4 is 33.7 Å². The smallest absolute Gasteiger partial charge is 0.241 e. The molecule has 1 saturated heterocycles. The lowest BCUT2D eigenvalue weighted by Crippen LogP contribution is -2.45. The molecule has 0 saturated carbocycles. The summed E-state index contributed by atoms with van der Waals surface area (Å²) in [5.74, 6) is 0.256. The molecule has 0 atom stereocenters. The molecule has 0 aliphatic carbocycles. The molecule has 1 aliphatic rings. The monoisotopic (exact) mass is 313 g/mol. The van der Waals surface area contributed by atoms with Gasteiger partial charge < -0.3 is 4.98 Å². The quantitative estimate of drug-likeness (QED) is 0.763. The SMILES string of the molecule is CC1(C)CCC(=O)N1Nc1ncnc2[nH]c3cc(F)ccc3c12. The molecule has 1 aromatic carbocycles. The Morgan fingerprint density at radius 3 is 2.91 bits per heavy atom. The maximum Gasteiger partial charge on any atom is 0.241 e. The highest BCUT2D eigenvalue weighted by Crippen LogP contribution is 2.33. The van der Waals surface area contributed by atoms with Crippen LogP contribution in [0.25, 0.3) is 21.9 Å². The number of aromatic nitrogens is 3. The van der Waals surface area contributed by atoms with Gasteiger partial charge in [0, 0.05) is 11.8 Å². The molecule has 1 amide bonds. The van der Waals surface area contributed by atoms with E-state index in [1.54, 1.807) is 11.1 Å². The molecular weight excluding hydrogens is 297 g/mol. The van der Waals surface area contributed by atoms with Crippen LogP contribution in [0.15, 0.2) is 24.5 Å². The zero-order chi connectivity index (χ0) is 16.2. The Balaban J connectivity index is 1.87. The number of H-pyrrole nitrogens is 1. The van der Waals surface area contributed by atoms with E-state index in [1.807, 2.05) is 13.8 Å². The average molecular weight is 313 g/mol. The van der Waals surface area contributed by atoms with Crippen LogP contribution in [0.2, 0.25) is 0 Å². The minimum Gasteiger partial charge on any atom is -0.339 e. The summed E-state index contributed by atoms with van der Waals surface area (Å²) >= 11 is 0. The fourth-order valence-electron chi connectivity index (χ4n) is 3.08. The highest BCUT2D eigenvalue weighted by Gasteiger charge is 2.38. The van der Waals surface area contributed by atoms with Crippen LogP contribution >= 0.6 is 0 Å². The third-order valence-electron chi connectivity index (χ3n) is 4.37. The topological polar surface area (TPSA) is 73.9 Å². The van der Waals surface area contributed by atoms with Crippen molar-refractivity contribution in [3.8, 4) is 0 Å². The summed E-state index contributed by atoms with van der Waals surface area (Å²) in [4.78, 5) is 23.7. The first-order chi connectivity index (χ1) is 11.0. The summed E-state index contributed by atoms with van der Waals surface area (Å²) in [6, 6.07) is 4.51. The summed E-state index contributed by atoms with van der Waals surface area (Å²) in [7, 11) is 0. The van der Waals surface area contributed by atoms with Gasteiger partial charge in [0.25, 0.3) is 0 Å². The van der Waals surface area contributed by atoms with Gasteiger partial charge in [-0.25, -0.2) is 19.4 Å². The number of anilines is 1. The van der Waals surface area contributed by atoms with Crippen LogP contribution in [0, 0.1) is 5.82 Å². The summed E-state index contributed by atoms with van der Waals surface area (Å²) in [5.41, 5.74) is 4.10. The number of nitrogens with zero attached hydrogens (tertiary/aromatic N) is 3. The molecule has 1 fully saturated rings. The standard InChI is InChI=1S/C16H16FN5O/c1-16(2)6-5-12(23)22(16)21-15-13-10-4-3-9(17)7-11(10)20-14(13)18-8-19-15/h3-4,7-8H,5-6H2,1-2H3,(H2,18,19,20,21). The normalized spacial score (nSPS) is 17.3. The second-order valence-electron chi connectivity index (χ2n) is 6.41. The molecule has 3 heterocycles. The van der Waals surface area contributed by atoms with E-state index in [0.29, 0.717) is 23.4 Å². The van der Waals surface area contributed by atoms with Gasteiger partial charge in [0.15, 0.2) is 5.82 Å². The predicted molar refractivity (Wildman–Crippen MR) is 85.1 cm³/mol. The van der Waals surface area contributed by atoms with Crippen molar-refractivity contribution in [3.05, 3.63) is 30.3 Å². The molecule has 7 heteroatoms. The predicted octanol–water partition coefficient (Wildman–Crippen LogP) is 2.98. The number of aromatic amines is 1. The van der Waals surface area contributed by atoms with Crippen LogP contribution in [0.5, 0.6) is 0 Å². The maximum absolute atomic E-state index is 13.4. The fraction of sp³-hybridized carbons (Fsp3) is 0.312. The van der Waals surface area contributed by atoms with Crippen LogP contribution in [0.1, 0.15) is 26.7 Å². The largest absolute Gasteiger partial charge is 0.339 e. The van der Waals surface area contributed by atoms with Gasteiger partial charge in [0.1, 0.15) is 17.8 Å². The fourth-order valence-corrected chi connectivity index (χ4v) is 3.08. The third kappa shape index (κ3) is 2.11. The average Bonchev–Trinajstić information content (AvgIpc) is 2.99. The number of rotatable bonds is 2. The number of hydrogen-bond acceptors (Lipinski definition) is 4. The maximum atomic E-state index is 13.4. The van der Waals surface area contributed by atoms with Crippen LogP contribution in [0.4, 0.5) is 10.2 Å². The number of carbonyl (C=O) groups excluding carboxylic acids is 1. The van der Waals surface area contributed by atoms with Gasteiger partial charge in [0.05, 0.1) is 16.4 Å². The minimum atomic E-state index is -0.317. The van der Waals surface area contributed by atoms with Gasteiger partial charge in [0.2, 0.25) is 5.91 Å². The molecule has 23 heavy (non-hydrogen) atoms. The van der Waals surface area contributed by atoms with Crippen LogP contribution in [-0.4, -0.2) is 31.4 Å². The van der Waals surface area contributed by atoms with E-state index in [1.165, 1.54) is 18.5 Å². The summed E-state index contributed by atoms with van der Waals surface area (Å²) in [6.07, 6.45) is 2.71. The number of halogens is 1. The van der Waals surface area contributed by atoms with E-state index < -0.39 is 0 Å². The highest BCUT2D eigenvalue weighted by molar-refractivity contribution is 6.11. The molecular formula is C16H16FN5O. The first-order valence-corrected chi connectivity index (χ1v) is 7.47. The first-order valence-electron chi connectivity index (χ1n) is 7.47. The summed E-state index contributed by atoms with van der Waals surface area (Å²) < 4.78 is 13.4. The Bertz CT molecular complexity index is 933. The lowest BCUT2D eigenvalue weighted by Gasteiger charge is -2.32. The molecule has 0 spiro atoms. The number of hydrogen-bond donors (Lipinski definition) is 2. The molecule has 118 valence electrons. The summed E-state index contributed by atoms with van der Waals surface area (Å²) in [6.45, 7) is 4.02. The van der Waals surface area contributed by atoms with Crippen LogP contribution < -0.4 is 5.43 Å². The van der Waals surface area contributed by atoms with E-state index in [0.717, 1.165) is 17.2 Å². The lowest BCUT2D eigenvalue weighted by molar-refractivity contribution is -0.129. The Kier molecular flexibility index (Phi) is 2.81. The van der Waals surface area contributed by atoms with Crippen LogP contribution in [-0.2, 0) is 4.79 Å². The Labute approximate surface area is 131 Å². The summed E-state index contributed by atoms with van der Waals surface area (Å²) in [5, 5.41) is 3.18. The van der Waals surface area contributed by atoms with E-state index in [2.05, 4.69) is 20.4 Å². The molecule has 4 rings (SSSR count). The second kappa shape index (κ2) is 4.65. The number of benzene rings is 1. The molecule has 0 unspecified atom stereocenters. The van der Waals surface area contributed by atoms with E-state index >= 15 is 0 Å². The molecule has 0 radical (unpaired) electrons. The van der Waals surface area contributed by atoms with Crippen molar-refractivity contribution in [2.75, 3.05) is 5.43 Å². The number of carbonyl (C=O) groups is 1. The Hall–Kier alpha value is -2.70. The number of amides is 1. The van der Waals surface area contributed by atoms with E-state index in [4.69, 9.17) is 0 Å². The number of fused-ring (bicyclic) bond motifs is 3. The first kappa shape index (κ1) is 13.9. The van der Waals surface area contributed by atoms with Gasteiger partial charge in [-0.15, -0.1) is 0 Å². The van der Waals surface area contributed by atoms with Gasteiger partial charge in [-0.2, -0.15) is 0 Å². The Morgan fingerprint density at radius 2 is 2.17 bits per heavy atom. The van der Waals surface area contributed by atoms with Gasteiger partial charge in [-0.3, -0.25) is 10.2 Å². The number of hydrazine groups is 1. The van der Waals surface area contributed by atoms with E-state index in [-0.39, 0.29) is 17.3 Å². The third-order valence-corrected chi connectivity index (χ3v) is 4.37. The van der Waals surface area contributed by atoms with Crippen molar-refractivity contribution in [3.63, 3.8) is 0 Å². The lowest BCUT2D eigenvalue weighted by atomic mass is 10.0. The van der Waals surface area contributed by atoms with E-state index in [9.17, 15) is 9.18 Å². The van der Waals surface area contributed by atoms with Crippen molar-refractivity contribution in [1.29, 1.82) is 0 Å². The van der Waals surface area contributed by atoms with Gasteiger partial charge >= 0.3 is 0 Å². The molecule has 2 N–H and O–H groups in total. The molecule has 3 aromatic rings. The zero-order valence-electron chi connectivity index (χ0n) is 12.9. The van der Waals surface area contributed by atoms with Gasteiger partial charge in [-0.05, 0) is 38.5 Å². The Morgan fingerprint density at radius 1 is 1.35 bits per heavy atom. The number of nitrogens with one attached hydrogen (secondary N) is 2. The second-order valence-corrected chi connectivity index (χ2v) is 6.41. The molecule has 1 aliphatic heterocycles. The van der Waals surface area contributed by atoms with Crippen molar-refractivity contribution in [1.82, 2.24) is 20.0 Å².